The predicted octanol–water partition coefficient (Wildman–Crippen LogP) is 4.73. The number of halogens is 1. The summed E-state index contributed by atoms with van der Waals surface area (Å²) in [7, 11) is 0. The van der Waals surface area contributed by atoms with Gasteiger partial charge in [0.2, 0.25) is 0 Å². The molecule has 0 spiro atoms. The molecule has 0 aromatic heterocycles. The first-order valence-corrected chi connectivity index (χ1v) is 10.7. The minimum absolute atomic E-state index is 0.0103. The predicted molar refractivity (Wildman–Crippen MR) is 112 cm³/mol. The average molecular weight is 410 g/mol. The van der Waals surface area contributed by atoms with E-state index in [0.717, 1.165) is 18.4 Å². The number of aliphatic hydroxyl groups is 1. The van der Waals surface area contributed by atoms with Gasteiger partial charge in [-0.25, -0.2) is 4.39 Å². The quantitative estimate of drug-likeness (QED) is 0.607. The summed E-state index contributed by atoms with van der Waals surface area (Å²) in [4.78, 5) is 25.7. The van der Waals surface area contributed by atoms with Crippen LogP contribution < -0.4 is 4.74 Å². The van der Waals surface area contributed by atoms with Crippen molar-refractivity contribution in [1.29, 1.82) is 0 Å². The summed E-state index contributed by atoms with van der Waals surface area (Å²) >= 11 is 0. The number of rotatable bonds is 9. The largest absolute Gasteiger partial charge is 0.486 e. The van der Waals surface area contributed by atoms with Gasteiger partial charge in [0.05, 0.1) is 11.5 Å². The summed E-state index contributed by atoms with van der Waals surface area (Å²) in [6.45, 7) is 1.23. The fourth-order valence-corrected chi connectivity index (χ4v) is 4.60. The summed E-state index contributed by atoms with van der Waals surface area (Å²) in [5, 5.41) is 9.09. The normalized spacial score (nSPS) is 24.2. The van der Waals surface area contributed by atoms with Gasteiger partial charge in [-0.05, 0) is 42.4 Å². The molecule has 1 aliphatic heterocycles. The number of carbonyl (C=O) groups excluding carboxylic acids is 2. The molecule has 1 fully saturated rings. The van der Waals surface area contributed by atoms with Crippen LogP contribution in [0, 0.1) is 11.8 Å². The lowest BCUT2D eigenvalue weighted by atomic mass is 9.85. The van der Waals surface area contributed by atoms with Crippen LogP contribution in [0.4, 0.5) is 4.39 Å². The van der Waals surface area contributed by atoms with E-state index in [-0.39, 0.29) is 30.5 Å². The van der Waals surface area contributed by atoms with Gasteiger partial charge < -0.3 is 9.84 Å². The fourth-order valence-electron chi connectivity index (χ4n) is 4.60. The molecule has 2 aromatic carbocycles. The molecule has 4 atom stereocenters. The van der Waals surface area contributed by atoms with Gasteiger partial charge >= 0.3 is 0 Å². The minimum Gasteiger partial charge on any atom is -0.486 e. The van der Waals surface area contributed by atoms with Crippen molar-refractivity contribution in [3.05, 3.63) is 64.7 Å². The highest BCUT2D eigenvalue weighted by molar-refractivity contribution is 6.04. The Bertz CT molecular complexity index is 940. The van der Waals surface area contributed by atoms with Crippen molar-refractivity contribution in [3.8, 4) is 5.75 Å². The number of hydrogen-bond donors (Lipinski definition) is 1. The zero-order valence-corrected chi connectivity index (χ0v) is 17.1. The molecule has 0 unspecified atom stereocenters. The Morgan fingerprint density at radius 3 is 2.57 bits per heavy atom. The Kier molecular flexibility index (Phi) is 6.00. The van der Waals surface area contributed by atoms with Crippen LogP contribution in [0.2, 0.25) is 0 Å². The third kappa shape index (κ3) is 3.91. The van der Waals surface area contributed by atoms with Gasteiger partial charge in [0.15, 0.2) is 11.6 Å². The maximum Gasteiger partial charge on any atom is 0.166 e. The van der Waals surface area contributed by atoms with E-state index in [1.54, 1.807) is 19.1 Å². The third-order valence-electron chi connectivity index (χ3n) is 6.36. The topological polar surface area (TPSA) is 63.6 Å². The highest BCUT2D eigenvalue weighted by Gasteiger charge is 2.40. The first-order chi connectivity index (χ1) is 14.6. The molecular weight excluding hydrogens is 383 g/mol. The molecule has 0 radical (unpaired) electrons. The van der Waals surface area contributed by atoms with Crippen molar-refractivity contribution >= 4 is 11.6 Å². The molecule has 1 N–H and O–H groups in total. The summed E-state index contributed by atoms with van der Waals surface area (Å²) in [5.41, 5.74) is 2.49. The summed E-state index contributed by atoms with van der Waals surface area (Å²) < 4.78 is 19.8. The number of ether oxygens (including phenoxy) is 1. The van der Waals surface area contributed by atoms with Crippen molar-refractivity contribution in [1.82, 2.24) is 0 Å². The van der Waals surface area contributed by atoms with Gasteiger partial charge in [-0.3, -0.25) is 9.59 Å². The van der Waals surface area contributed by atoms with Gasteiger partial charge in [0.1, 0.15) is 18.5 Å². The molecule has 30 heavy (non-hydrogen) atoms. The van der Waals surface area contributed by atoms with Crippen LogP contribution in [0.1, 0.15) is 70.4 Å². The lowest BCUT2D eigenvalue weighted by Crippen LogP contribution is -2.22. The number of aliphatic hydroxyl groups excluding tert-OH is 1. The molecule has 4 nitrogen and oxygen atoms in total. The molecule has 5 heteroatoms. The molecule has 0 amide bonds. The number of Topliss-reactive ketones (excluding diaryl/α,β-unsaturated/α-hetero) is 2. The second-order valence-electron chi connectivity index (χ2n) is 8.31. The van der Waals surface area contributed by atoms with Crippen LogP contribution in [-0.4, -0.2) is 36.1 Å². The van der Waals surface area contributed by atoms with E-state index in [9.17, 15) is 14.0 Å². The number of fused-ring (bicyclic) bond motifs is 1. The van der Waals surface area contributed by atoms with Crippen LogP contribution in [0.25, 0.3) is 0 Å². The highest BCUT2D eigenvalue weighted by atomic mass is 19.1. The maximum atomic E-state index is 13.9. The molecule has 0 bridgehead atoms. The van der Waals surface area contributed by atoms with Crippen molar-refractivity contribution in [2.45, 2.75) is 44.6 Å². The zero-order valence-electron chi connectivity index (χ0n) is 17.1. The van der Waals surface area contributed by atoms with Crippen LogP contribution in [-0.2, 0) is 0 Å². The SMILES string of the molecule is CCC(=O)c1cc(C(=O)C[C@@H]2C[C@H]2CCO)cc2c1O[C@@H](CF)[C@@H]2c1ccccc1. The smallest absolute Gasteiger partial charge is 0.166 e. The van der Waals surface area contributed by atoms with Crippen LogP contribution >= 0.6 is 0 Å². The maximum absolute atomic E-state index is 13.9. The summed E-state index contributed by atoms with van der Waals surface area (Å²) in [6, 6.07) is 12.9. The molecular formula is C25H27FO4. The number of ketones is 2. The lowest BCUT2D eigenvalue weighted by Gasteiger charge is -2.16. The second kappa shape index (κ2) is 8.68. The Morgan fingerprint density at radius 2 is 1.90 bits per heavy atom. The first kappa shape index (κ1) is 20.7. The molecule has 2 aliphatic rings. The van der Waals surface area contributed by atoms with Gasteiger partial charge in [-0.2, -0.15) is 0 Å². The van der Waals surface area contributed by atoms with Crippen molar-refractivity contribution in [3.63, 3.8) is 0 Å². The molecule has 158 valence electrons. The molecule has 4 rings (SSSR count). The van der Waals surface area contributed by atoms with Crippen molar-refractivity contribution in [2.75, 3.05) is 13.3 Å². The van der Waals surface area contributed by atoms with Gasteiger partial charge in [0, 0.05) is 30.6 Å². The van der Waals surface area contributed by atoms with Crippen molar-refractivity contribution < 1.29 is 23.8 Å². The Balaban J connectivity index is 1.72. The van der Waals surface area contributed by atoms with E-state index in [1.807, 2.05) is 30.3 Å². The fraction of sp³-hybridized carbons (Fsp3) is 0.440. The van der Waals surface area contributed by atoms with Gasteiger partial charge in [-0.1, -0.05) is 37.3 Å². The number of hydrogen-bond acceptors (Lipinski definition) is 4. The Labute approximate surface area is 176 Å². The molecule has 0 saturated heterocycles. The average Bonchev–Trinajstić information content (AvgIpc) is 3.38. The van der Waals surface area contributed by atoms with Crippen LogP contribution in [0.15, 0.2) is 42.5 Å². The lowest BCUT2D eigenvalue weighted by molar-refractivity contribution is 0.0973. The van der Waals surface area contributed by atoms with Crippen LogP contribution in [0.3, 0.4) is 0 Å². The molecule has 1 heterocycles. The van der Waals surface area contributed by atoms with Gasteiger partial charge in [0.25, 0.3) is 0 Å². The van der Waals surface area contributed by atoms with E-state index in [1.165, 1.54) is 0 Å². The number of benzene rings is 2. The Hall–Kier alpha value is -2.53. The van der Waals surface area contributed by atoms with E-state index < -0.39 is 12.8 Å². The van der Waals surface area contributed by atoms with E-state index >= 15 is 0 Å². The van der Waals surface area contributed by atoms with E-state index in [4.69, 9.17) is 9.84 Å². The molecule has 1 saturated carbocycles. The minimum atomic E-state index is -0.714. The first-order valence-electron chi connectivity index (χ1n) is 10.7. The summed E-state index contributed by atoms with van der Waals surface area (Å²) in [6.07, 6.45) is 1.66. The zero-order chi connectivity index (χ0) is 21.3. The van der Waals surface area contributed by atoms with Gasteiger partial charge in [-0.15, -0.1) is 0 Å². The second-order valence-corrected chi connectivity index (χ2v) is 8.31. The monoisotopic (exact) mass is 410 g/mol. The molecule has 2 aromatic rings. The van der Waals surface area contributed by atoms with E-state index in [0.29, 0.717) is 40.7 Å². The highest BCUT2D eigenvalue weighted by Crippen LogP contribution is 2.47. The van der Waals surface area contributed by atoms with Crippen molar-refractivity contribution in [2.24, 2.45) is 11.8 Å². The molecule has 1 aliphatic carbocycles. The van der Waals surface area contributed by atoms with E-state index in [2.05, 4.69) is 0 Å². The van der Waals surface area contributed by atoms with Crippen LogP contribution in [0.5, 0.6) is 5.75 Å². The Morgan fingerprint density at radius 1 is 1.13 bits per heavy atom. The number of alkyl halides is 1. The summed E-state index contributed by atoms with van der Waals surface area (Å²) in [5.74, 6) is 0.634. The third-order valence-corrected chi connectivity index (χ3v) is 6.36. The number of carbonyl (C=O) groups is 2. The standard InChI is InChI=1S/C25H27FO4/c1-2-21(28)19-11-18(22(29)13-17-10-16(17)8-9-27)12-20-24(15-6-4-3-5-7-15)23(14-26)30-25(19)20/h3-7,11-12,16-17,23-24,27H,2,8-10,13-14H2,1H3/t16-,17+,23+,24-/m1/s1.